The molecule has 0 aliphatic heterocycles. The molecule has 0 radical (unpaired) electrons. The summed E-state index contributed by atoms with van der Waals surface area (Å²) in [5.41, 5.74) is 0.884. The zero-order chi connectivity index (χ0) is 10.6. The molecule has 1 atom stereocenters. The Balaban J connectivity index is 2.82. The average Bonchev–Trinajstić information content (AvgIpc) is 2.18. The van der Waals surface area contributed by atoms with E-state index in [2.05, 4.69) is 5.32 Å². The first-order valence-electron chi connectivity index (χ1n) is 4.09. The molecule has 0 saturated carbocycles. The maximum Gasteiger partial charge on any atom is 0.269 e. The monoisotopic (exact) mass is 194 g/mol. The topological polar surface area (TPSA) is 72.2 Å². The first-order chi connectivity index (χ1) is 6.65. The highest BCUT2D eigenvalue weighted by atomic mass is 16.6. The Morgan fingerprint density at radius 2 is 2.00 bits per heavy atom. The van der Waals surface area contributed by atoms with Gasteiger partial charge in [-0.15, -0.1) is 0 Å². The van der Waals surface area contributed by atoms with Crippen LogP contribution in [0.1, 0.15) is 18.5 Å². The van der Waals surface area contributed by atoms with Gasteiger partial charge in [0.2, 0.25) is 6.41 Å². The molecule has 0 aromatic heterocycles. The summed E-state index contributed by atoms with van der Waals surface area (Å²) in [6, 6.07) is 5.95. The number of carbonyl (C=O) groups is 1. The molecule has 5 nitrogen and oxygen atoms in total. The summed E-state index contributed by atoms with van der Waals surface area (Å²) < 4.78 is 0. The molecule has 0 fully saturated rings. The van der Waals surface area contributed by atoms with Crippen molar-refractivity contribution in [2.45, 2.75) is 13.0 Å². The molecule has 5 heteroatoms. The van der Waals surface area contributed by atoms with Gasteiger partial charge in [0.25, 0.3) is 5.69 Å². The maximum atomic E-state index is 10.3. The van der Waals surface area contributed by atoms with Crippen molar-refractivity contribution in [3.05, 3.63) is 39.9 Å². The molecule has 0 aliphatic carbocycles. The lowest BCUT2D eigenvalue weighted by Gasteiger charge is -2.09. The van der Waals surface area contributed by atoms with Gasteiger partial charge in [-0.1, -0.05) is 12.1 Å². The minimum atomic E-state index is -0.457. The van der Waals surface area contributed by atoms with Crippen LogP contribution in [0.5, 0.6) is 0 Å². The fraction of sp³-hybridized carbons (Fsp3) is 0.222. The minimum absolute atomic E-state index is 0.0482. The Labute approximate surface area is 80.9 Å². The summed E-state index contributed by atoms with van der Waals surface area (Å²) >= 11 is 0. The predicted molar refractivity (Wildman–Crippen MR) is 50.7 cm³/mol. The van der Waals surface area contributed by atoms with Crippen molar-refractivity contribution in [1.29, 1.82) is 0 Å². The van der Waals surface area contributed by atoms with Crippen LogP contribution in [0.25, 0.3) is 0 Å². The Hall–Kier alpha value is -1.91. The highest BCUT2D eigenvalue weighted by molar-refractivity contribution is 5.48. The van der Waals surface area contributed by atoms with Gasteiger partial charge in [0, 0.05) is 12.1 Å². The van der Waals surface area contributed by atoms with E-state index in [0.717, 1.165) is 5.56 Å². The van der Waals surface area contributed by atoms with Crippen LogP contribution in [0.4, 0.5) is 5.69 Å². The zero-order valence-electron chi connectivity index (χ0n) is 7.64. The van der Waals surface area contributed by atoms with Gasteiger partial charge in [0.15, 0.2) is 0 Å². The van der Waals surface area contributed by atoms with Gasteiger partial charge in [-0.25, -0.2) is 0 Å². The predicted octanol–water partition coefficient (Wildman–Crippen LogP) is 1.40. The highest BCUT2D eigenvalue weighted by Gasteiger charge is 2.07. The molecule has 0 aliphatic rings. The van der Waals surface area contributed by atoms with Crippen LogP contribution in [0, 0.1) is 10.1 Å². The third-order valence-electron chi connectivity index (χ3n) is 1.92. The van der Waals surface area contributed by atoms with Gasteiger partial charge in [-0.3, -0.25) is 14.9 Å². The molecule has 14 heavy (non-hydrogen) atoms. The minimum Gasteiger partial charge on any atom is -0.352 e. The Morgan fingerprint density at radius 1 is 1.43 bits per heavy atom. The van der Waals surface area contributed by atoms with Gasteiger partial charge >= 0.3 is 0 Å². The van der Waals surface area contributed by atoms with Gasteiger partial charge in [-0.2, -0.15) is 0 Å². The largest absolute Gasteiger partial charge is 0.352 e. The smallest absolute Gasteiger partial charge is 0.269 e. The molecule has 74 valence electrons. The standard InChI is InChI=1S/C9H10N2O3/c1-7(10-6-12)8-2-4-9(5-3-8)11(13)14/h2-7H,1H3,(H,10,12)/t7-/m0/s1. The number of nitro benzene ring substituents is 1. The molecule has 0 bridgehead atoms. The number of hydrogen-bond acceptors (Lipinski definition) is 3. The van der Waals surface area contributed by atoms with Crippen LogP contribution in [0.3, 0.4) is 0 Å². The first-order valence-corrected chi connectivity index (χ1v) is 4.09. The SMILES string of the molecule is C[C@H](NC=O)c1ccc([N+](=O)[O-])cc1. The van der Waals surface area contributed by atoms with E-state index in [1.807, 2.05) is 0 Å². The second kappa shape index (κ2) is 4.36. The van der Waals surface area contributed by atoms with Crippen LogP contribution >= 0.6 is 0 Å². The van der Waals surface area contributed by atoms with Crippen molar-refractivity contribution in [2.24, 2.45) is 0 Å². The lowest BCUT2D eigenvalue weighted by molar-refractivity contribution is -0.384. The van der Waals surface area contributed by atoms with E-state index in [1.54, 1.807) is 19.1 Å². The Bertz CT molecular complexity index is 334. The molecule has 1 aromatic rings. The highest BCUT2D eigenvalue weighted by Crippen LogP contribution is 2.16. The fourth-order valence-corrected chi connectivity index (χ4v) is 1.08. The van der Waals surface area contributed by atoms with Crippen molar-refractivity contribution >= 4 is 12.1 Å². The van der Waals surface area contributed by atoms with E-state index in [1.165, 1.54) is 12.1 Å². The van der Waals surface area contributed by atoms with Gasteiger partial charge in [0.1, 0.15) is 0 Å². The molecule has 1 N–H and O–H groups in total. The summed E-state index contributed by atoms with van der Waals surface area (Å²) in [6.45, 7) is 1.80. The molecule has 1 amide bonds. The van der Waals surface area contributed by atoms with E-state index in [9.17, 15) is 14.9 Å². The van der Waals surface area contributed by atoms with Crippen molar-refractivity contribution in [3.63, 3.8) is 0 Å². The summed E-state index contributed by atoms with van der Waals surface area (Å²) in [5.74, 6) is 0. The van der Waals surface area contributed by atoms with E-state index in [4.69, 9.17) is 0 Å². The second-order valence-corrected chi connectivity index (χ2v) is 2.85. The quantitative estimate of drug-likeness (QED) is 0.447. The number of benzene rings is 1. The lowest BCUT2D eigenvalue weighted by atomic mass is 10.1. The molecule has 0 spiro atoms. The van der Waals surface area contributed by atoms with E-state index >= 15 is 0 Å². The molecule has 0 heterocycles. The van der Waals surface area contributed by atoms with Crippen LogP contribution in [0.2, 0.25) is 0 Å². The number of nitro groups is 1. The molecular weight excluding hydrogens is 184 g/mol. The number of non-ortho nitro benzene ring substituents is 1. The lowest BCUT2D eigenvalue weighted by Crippen LogP contribution is -2.15. The summed E-state index contributed by atoms with van der Waals surface area (Å²) in [4.78, 5) is 20.0. The second-order valence-electron chi connectivity index (χ2n) is 2.85. The van der Waals surface area contributed by atoms with Crippen LogP contribution in [-0.2, 0) is 4.79 Å². The number of amides is 1. The zero-order valence-corrected chi connectivity index (χ0v) is 7.64. The molecule has 0 saturated heterocycles. The number of rotatable bonds is 4. The van der Waals surface area contributed by atoms with Gasteiger partial charge in [-0.05, 0) is 12.5 Å². The molecule has 1 rings (SSSR count). The van der Waals surface area contributed by atoms with Crippen molar-refractivity contribution in [2.75, 3.05) is 0 Å². The summed E-state index contributed by atoms with van der Waals surface area (Å²) in [6.07, 6.45) is 0.603. The summed E-state index contributed by atoms with van der Waals surface area (Å²) in [5, 5.41) is 12.9. The average molecular weight is 194 g/mol. The first kappa shape index (κ1) is 10.2. The molecule has 1 aromatic carbocycles. The van der Waals surface area contributed by atoms with E-state index < -0.39 is 4.92 Å². The van der Waals surface area contributed by atoms with E-state index in [-0.39, 0.29) is 11.7 Å². The van der Waals surface area contributed by atoms with Crippen LogP contribution in [-0.4, -0.2) is 11.3 Å². The van der Waals surface area contributed by atoms with Crippen LogP contribution in [0.15, 0.2) is 24.3 Å². The number of hydrogen-bond donors (Lipinski definition) is 1. The van der Waals surface area contributed by atoms with Crippen molar-refractivity contribution in [3.8, 4) is 0 Å². The van der Waals surface area contributed by atoms with Crippen LogP contribution < -0.4 is 5.32 Å². The van der Waals surface area contributed by atoms with Crippen molar-refractivity contribution < 1.29 is 9.72 Å². The molecule has 0 unspecified atom stereocenters. The summed E-state index contributed by atoms with van der Waals surface area (Å²) in [7, 11) is 0. The maximum absolute atomic E-state index is 10.3. The van der Waals surface area contributed by atoms with Gasteiger partial charge in [0.05, 0.1) is 11.0 Å². The normalized spacial score (nSPS) is 11.8. The number of nitrogens with one attached hydrogen (secondary N) is 1. The van der Waals surface area contributed by atoms with Gasteiger partial charge < -0.3 is 5.32 Å². The Morgan fingerprint density at radius 3 is 2.43 bits per heavy atom. The third kappa shape index (κ3) is 2.29. The number of carbonyl (C=O) groups excluding carboxylic acids is 1. The number of nitrogens with zero attached hydrogens (tertiary/aromatic N) is 1. The third-order valence-corrected chi connectivity index (χ3v) is 1.92. The Kier molecular flexibility index (Phi) is 3.17. The fourth-order valence-electron chi connectivity index (χ4n) is 1.08. The van der Waals surface area contributed by atoms with Crippen molar-refractivity contribution in [1.82, 2.24) is 5.32 Å². The van der Waals surface area contributed by atoms with E-state index in [0.29, 0.717) is 6.41 Å². The molecular formula is C9H10N2O3.